The maximum Gasteiger partial charge on any atom is 0.0811 e. The van der Waals surface area contributed by atoms with Crippen LogP contribution in [0.1, 0.15) is 68.2 Å². The van der Waals surface area contributed by atoms with Crippen LogP contribution in [-0.2, 0) is 6.54 Å². The Bertz CT molecular complexity index is 743. The summed E-state index contributed by atoms with van der Waals surface area (Å²) in [4.78, 5) is 11.6. The standard InChI is InChI=1S/C26H38N4/c1-23-13-14-24(21-28-22-25-12-6-9-17-29-25)20-26(23)30-18-10-4-2-3-7-15-27-16-8-5-11-19-30/h6,9,12-14,17,20-21,27H,2-5,7-8,10-11,15-16,18-19,22H2,1H3. The predicted molar refractivity (Wildman–Crippen MR) is 129 cm³/mol. The lowest BCUT2D eigenvalue weighted by Gasteiger charge is -2.27. The zero-order valence-corrected chi connectivity index (χ0v) is 18.7. The van der Waals surface area contributed by atoms with Crippen LogP contribution in [0.15, 0.2) is 47.6 Å². The Kier molecular flexibility index (Phi) is 9.87. The molecule has 1 fully saturated rings. The van der Waals surface area contributed by atoms with E-state index in [2.05, 4.69) is 45.3 Å². The number of aliphatic imine (C=N–C) groups is 1. The van der Waals surface area contributed by atoms with E-state index in [1.807, 2.05) is 30.6 Å². The first kappa shape index (κ1) is 22.5. The lowest BCUT2D eigenvalue weighted by atomic mass is 10.1. The summed E-state index contributed by atoms with van der Waals surface area (Å²) in [6.45, 7) is 7.53. The quantitative estimate of drug-likeness (QED) is 0.678. The number of pyridine rings is 1. The third-order valence-electron chi connectivity index (χ3n) is 5.86. The fourth-order valence-electron chi connectivity index (χ4n) is 4.07. The van der Waals surface area contributed by atoms with Gasteiger partial charge in [-0.3, -0.25) is 9.98 Å². The van der Waals surface area contributed by atoms with Gasteiger partial charge in [-0.2, -0.15) is 0 Å². The molecule has 2 aromatic rings. The van der Waals surface area contributed by atoms with Crippen LogP contribution >= 0.6 is 0 Å². The predicted octanol–water partition coefficient (Wildman–Crippen LogP) is 5.54. The first-order valence-corrected chi connectivity index (χ1v) is 11.8. The van der Waals surface area contributed by atoms with Crippen molar-refractivity contribution >= 4 is 11.9 Å². The summed E-state index contributed by atoms with van der Waals surface area (Å²) in [6, 6.07) is 12.7. The molecule has 0 spiro atoms. The van der Waals surface area contributed by atoms with Gasteiger partial charge in [-0.15, -0.1) is 0 Å². The van der Waals surface area contributed by atoms with Crippen LogP contribution in [0, 0.1) is 6.92 Å². The lowest BCUT2D eigenvalue weighted by Crippen LogP contribution is -2.27. The molecule has 0 saturated carbocycles. The molecule has 4 heteroatoms. The zero-order chi connectivity index (χ0) is 20.9. The molecule has 162 valence electrons. The Morgan fingerprint density at radius 1 is 0.933 bits per heavy atom. The van der Waals surface area contributed by atoms with Crippen LogP contribution in [0.5, 0.6) is 0 Å². The molecule has 1 saturated heterocycles. The summed E-state index contributed by atoms with van der Waals surface area (Å²) in [6.07, 6.45) is 14.3. The van der Waals surface area contributed by atoms with E-state index in [1.54, 1.807) is 0 Å². The van der Waals surface area contributed by atoms with Gasteiger partial charge in [0.25, 0.3) is 0 Å². The molecule has 1 aromatic carbocycles. The summed E-state index contributed by atoms with van der Waals surface area (Å²) in [5.74, 6) is 0. The maximum absolute atomic E-state index is 4.62. The fraction of sp³-hybridized carbons (Fsp3) is 0.538. The van der Waals surface area contributed by atoms with Crippen molar-refractivity contribution < 1.29 is 0 Å². The molecule has 1 aromatic heterocycles. The number of benzene rings is 1. The minimum Gasteiger partial charge on any atom is -0.371 e. The fourth-order valence-corrected chi connectivity index (χ4v) is 4.07. The van der Waals surface area contributed by atoms with E-state index in [-0.39, 0.29) is 0 Å². The van der Waals surface area contributed by atoms with Gasteiger partial charge in [0, 0.05) is 31.2 Å². The van der Waals surface area contributed by atoms with Crippen LogP contribution in [0.3, 0.4) is 0 Å². The van der Waals surface area contributed by atoms with Gasteiger partial charge in [0.2, 0.25) is 0 Å². The van der Waals surface area contributed by atoms with Crippen LogP contribution in [0.2, 0.25) is 0 Å². The monoisotopic (exact) mass is 406 g/mol. The largest absolute Gasteiger partial charge is 0.371 e. The molecule has 0 amide bonds. The number of hydrogen-bond donors (Lipinski definition) is 1. The lowest BCUT2D eigenvalue weighted by molar-refractivity contribution is 0.537. The second kappa shape index (κ2) is 13.2. The van der Waals surface area contributed by atoms with E-state index in [4.69, 9.17) is 0 Å². The van der Waals surface area contributed by atoms with Gasteiger partial charge in [0.05, 0.1) is 12.2 Å². The van der Waals surface area contributed by atoms with Crippen LogP contribution < -0.4 is 10.2 Å². The third kappa shape index (κ3) is 7.91. The Morgan fingerprint density at radius 2 is 1.67 bits per heavy atom. The minimum atomic E-state index is 0.627. The average molecular weight is 407 g/mol. The highest BCUT2D eigenvalue weighted by Gasteiger charge is 2.10. The summed E-state index contributed by atoms with van der Waals surface area (Å²) in [5.41, 5.74) is 4.92. The van der Waals surface area contributed by atoms with Gasteiger partial charge >= 0.3 is 0 Å². The SMILES string of the molecule is Cc1ccc(C=NCc2ccccn2)cc1N1CCCCCCCNCCCCC1. The molecule has 2 heterocycles. The minimum absolute atomic E-state index is 0.627. The summed E-state index contributed by atoms with van der Waals surface area (Å²) in [5, 5.41) is 3.60. The number of rotatable bonds is 4. The van der Waals surface area contributed by atoms with E-state index in [0.717, 1.165) is 18.8 Å². The Labute approximate surface area is 182 Å². The van der Waals surface area contributed by atoms with E-state index < -0.39 is 0 Å². The molecule has 0 aliphatic carbocycles. The number of nitrogens with zero attached hydrogens (tertiary/aromatic N) is 3. The van der Waals surface area contributed by atoms with Gasteiger partial charge in [0.1, 0.15) is 0 Å². The van der Waals surface area contributed by atoms with Crippen LogP contribution in [0.4, 0.5) is 5.69 Å². The topological polar surface area (TPSA) is 40.5 Å². The van der Waals surface area contributed by atoms with Gasteiger partial charge < -0.3 is 10.2 Å². The van der Waals surface area contributed by atoms with Crippen molar-refractivity contribution in [3.8, 4) is 0 Å². The number of nitrogens with one attached hydrogen (secondary N) is 1. The average Bonchev–Trinajstić information content (AvgIpc) is 2.77. The molecular formula is C26H38N4. The Balaban J connectivity index is 1.64. The molecule has 4 nitrogen and oxygen atoms in total. The molecule has 0 atom stereocenters. The molecule has 0 radical (unpaired) electrons. The van der Waals surface area contributed by atoms with Crippen molar-refractivity contribution in [3.05, 3.63) is 59.4 Å². The van der Waals surface area contributed by atoms with Gasteiger partial charge in [0.15, 0.2) is 0 Å². The van der Waals surface area contributed by atoms with E-state index >= 15 is 0 Å². The molecular weight excluding hydrogens is 368 g/mol. The molecule has 1 aliphatic rings. The number of hydrogen-bond acceptors (Lipinski definition) is 4. The molecule has 30 heavy (non-hydrogen) atoms. The highest BCUT2D eigenvalue weighted by atomic mass is 15.1. The molecule has 1 N–H and O–H groups in total. The van der Waals surface area contributed by atoms with Crippen molar-refractivity contribution in [2.24, 2.45) is 4.99 Å². The summed E-state index contributed by atoms with van der Waals surface area (Å²) < 4.78 is 0. The van der Waals surface area contributed by atoms with E-state index in [0.29, 0.717) is 6.54 Å². The van der Waals surface area contributed by atoms with Crippen molar-refractivity contribution in [2.75, 3.05) is 31.1 Å². The Morgan fingerprint density at radius 3 is 2.43 bits per heavy atom. The first-order valence-electron chi connectivity index (χ1n) is 11.8. The third-order valence-corrected chi connectivity index (χ3v) is 5.86. The number of anilines is 1. The normalized spacial score (nSPS) is 17.7. The van der Waals surface area contributed by atoms with E-state index in [9.17, 15) is 0 Å². The molecule has 0 unspecified atom stereocenters. The van der Waals surface area contributed by atoms with Gasteiger partial charge in [-0.25, -0.2) is 0 Å². The van der Waals surface area contributed by atoms with Crippen molar-refractivity contribution in [3.63, 3.8) is 0 Å². The van der Waals surface area contributed by atoms with Crippen molar-refractivity contribution in [2.45, 2.75) is 64.8 Å². The molecule has 0 bridgehead atoms. The van der Waals surface area contributed by atoms with E-state index in [1.165, 1.54) is 81.3 Å². The van der Waals surface area contributed by atoms with Gasteiger partial charge in [-0.05, 0) is 75.0 Å². The number of aryl methyl sites for hydroxylation is 1. The number of aromatic nitrogens is 1. The second-order valence-electron chi connectivity index (χ2n) is 8.40. The Hall–Kier alpha value is -2.20. The second-order valence-corrected chi connectivity index (χ2v) is 8.40. The van der Waals surface area contributed by atoms with Crippen molar-refractivity contribution in [1.29, 1.82) is 0 Å². The van der Waals surface area contributed by atoms with Crippen LogP contribution in [-0.4, -0.2) is 37.4 Å². The zero-order valence-electron chi connectivity index (χ0n) is 18.7. The van der Waals surface area contributed by atoms with Gasteiger partial charge in [-0.1, -0.05) is 43.9 Å². The van der Waals surface area contributed by atoms with Crippen molar-refractivity contribution in [1.82, 2.24) is 10.3 Å². The molecule has 1 aliphatic heterocycles. The summed E-state index contributed by atoms with van der Waals surface area (Å²) >= 11 is 0. The first-order chi connectivity index (χ1) is 14.8. The van der Waals surface area contributed by atoms with Crippen LogP contribution in [0.25, 0.3) is 0 Å². The smallest absolute Gasteiger partial charge is 0.0811 e. The molecule has 3 rings (SSSR count). The highest BCUT2D eigenvalue weighted by molar-refractivity contribution is 5.82. The summed E-state index contributed by atoms with van der Waals surface area (Å²) in [7, 11) is 0. The maximum atomic E-state index is 4.62. The highest BCUT2D eigenvalue weighted by Crippen LogP contribution is 2.23.